The van der Waals surface area contributed by atoms with Crippen LogP contribution in [0.4, 0.5) is 18.9 Å². The molecule has 0 fully saturated rings. The number of ether oxygens (including phenoxy) is 1. The summed E-state index contributed by atoms with van der Waals surface area (Å²) < 4.78 is 46.4. The van der Waals surface area contributed by atoms with Gasteiger partial charge in [0.05, 0.1) is 17.0 Å². The van der Waals surface area contributed by atoms with E-state index in [1.807, 2.05) is 25.1 Å². The van der Waals surface area contributed by atoms with Crippen molar-refractivity contribution in [3.05, 3.63) is 65.0 Å². The number of nitrogens with two attached hydrogens (primary N) is 1. The molecule has 2 aromatic carbocycles. The molecule has 3 N–H and O–H groups in total. The number of benzene rings is 2. The molecule has 1 heterocycles. The van der Waals surface area contributed by atoms with Gasteiger partial charge in [0.2, 0.25) is 11.1 Å². The second kappa shape index (κ2) is 10.2. The average molecular weight is 480 g/mol. The maximum Gasteiger partial charge on any atom is 0.418 e. The average Bonchev–Trinajstić information content (AvgIpc) is 3.09. The number of amides is 1. The Balaban J connectivity index is 1.61. The normalized spacial score (nSPS) is 11.6. The van der Waals surface area contributed by atoms with E-state index in [9.17, 15) is 18.0 Å². The van der Waals surface area contributed by atoms with Crippen LogP contribution >= 0.6 is 11.8 Å². The van der Waals surface area contributed by atoms with E-state index in [-0.39, 0.29) is 29.1 Å². The predicted molar refractivity (Wildman–Crippen MR) is 121 cm³/mol. The van der Waals surface area contributed by atoms with Crippen molar-refractivity contribution in [2.45, 2.75) is 44.6 Å². The van der Waals surface area contributed by atoms with Gasteiger partial charge in [-0.15, -0.1) is 10.2 Å². The first-order chi connectivity index (χ1) is 15.6. The summed E-state index contributed by atoms with van der Waals surface area (Å²) in [6, 6.07) is 10.7. The van der Waals surface area contributed by atoms with E-state index in [0.717, 1.165) is 34.7 Å². The largest absolute Gasteiger partial charge is 0.485 e. The molecule has 0 aliphatic heterocycles. The Bertz CT molecular complexity index is 1130. The standard InChI is InChI=1S/C22H24F3N5O2S/c1-13(2)15-9-8-14(3)10-18(15)32-11-19-28-29-21(30(19)26)33-12-20(31)27-17-7-5-4-6-16(17)22(23,24)25/h4-10,13H,11-12,26H2,1-3H3,(H,27,31). The van der Waals surface area contributed by atoms with Crippen LogP contribution in [-0.4, -0.2) is 26.5 Å². The van der Waals surface area contributed by atoms with Crippen molar-refractivity contribution in [3.8, 4) is 5.75 Å². The molecule has 11 heteroatoms. The zero-order valence-electron chi connectivity index (χ0n) is 18.3. The summed E-state index contributed by atoms with van der Waals surface area (Å²) in [5.74, 6) is 6.54. The maximum absolute atomic E-state index is 13.1. The quantitative estimate of drug-likeness (QED) is 0.358. The number of thioether (sulfide) groups is 1. The number of nitrogens with zero attached hydrogens (tertiary/aromatic N) is 3. The molecule has 0 radical (unpaired) electrons. The van der Waals surface area contributed by atoms with Gasteiger partial charge < -0.3 is 15.9 Å². The number of hydrogen-bond donors (Lipinski definition) is 2. The van der Waals surface area contributed by atoms with Crippen LogP contribution in [0.5, 0.6) is 5.75 Å². The highest BCUT2D eigenvalue weighted by Crippen LogP contribution is 2.34. The summed E-state index contributed by atoms with van der Waals surface area (Å²) >= 11 is 0.956. The SMILES string of the molecule is Cc1ccc(C(C)C)c(OCc2nnc(SCC(=O)Nc3ccccc3C(F)(F)F)n2N)c1. The Morgan fingerprint density at radius 3 is 2.64 bits per heavy atom. The minimum Gasteiger partial charge on any atom is -0.485 e. The van der Waals surface area contributed by atoms with Crippen molar-refractivity contribution in [2.75, 3.05) is 16.9 Å². The van der Waals surface area contributed by atoms with E-state index in [2.05, 4.69) is 29.4 Å². The molecule has 3 aromatic rings. The van der Waals surface area contributed by atoms with Crippen LogP contribution in [0.15, 0.2) is 47.6 Å². The number of aryl methyl sites for hydroxylation is 1. The van der Waals surface area contributed by atoms with Crippen LogP contribution < -0.4 is 15.9 Å². The second-order valence-electron chi connectivity index (χ2n) is 7.63. The lowest BCUT2D eigenvalue weighted by Crippen LogP contribution is -2.19. The van der Waals surface area contributed by atoms with Gasteiger partial charge in [0.25, 0.3) is 0 Å². The summed E-state index contributed by atoms with van der Waals surface area (Å²) in [7, 11) is 0. The van der Waals surface area contributed by atoms with Crippen LogP contribution in [0.3, 0.4) is 0 Å². The van der Waals surface area contributed by atoms with Gasteiger partial charge in [-0.25, -0.2) is 4.68 Å². The molecule has 1 aromatic heterocycles. The highest BCUT2D eigenvalue weighted by molar-refractivity contribution is 7.99. The molecule has 176 valence electrons. The molecule has 0 saturated carbocycles. The van der Waals surface area contributed by atoms with Crippen LogP contribution in [-0.2, 0) is 17.6 Å². The van der Waals surface area contributed by atoms with Crippen molar-refractivity contribution >= 4 is 23.4 Å². The summed E-state index contributed by atoms with van der Waals surface area (Å²) in [5.41, 5.74) is 0.881. The van der Waals surface area contributed by atoms with Crippen molar-refractivity contribution in [3.63, 3.8) is 0 Å². The van der Waals surface area contributed by atoms with Crippen LogP contribution in [0.25, 0.3) is 0 Å². The highest BCUT2D eigenvalue weighted by Gasteiger charge is 2.33. The molecular formula is C22H24F3N5O2S. The Kier molecular flexibility index (Phi) is 7.52. The molecule has 0 saturated heterocycles. The minimum atomic E-state index is -4.57. The smallest absolute Gasteiger partial charge is 0.418 e. The number of aromatic nitrogens is 3. The van der Waals surface area contributed by atoms with Crippen molar-refractivity contribution in [2.24, 2.45) is 0 Å². The summed E-state index contributed by atoms with van der Waals surface area (Å²) in [6.07, 6.45) is -4.57. The number of nitrogens with one attached hydrogen (secondary N) is 1. The van der Waals surface area contributed by atoms with Gasteiger partial charge in [0.1, 0.15) is 12.4 Å². The first-order valence-electron chi connectivity index (χ1n) is 10.1. The molecule has 0 unspecified atom stereocenters. The van der Waals surface area contributed by atoms with E-state index >= 15 is 0 Å². The van der Waals surface area contributed by atoms with Crippen molar-refractivity contribution in [1.29, 1.82) is 0 Å². The Morgan fingerprint density at radius 1 is 1.21 bits per heavy atom. The predicted octanol–water partition coefficient (Wildman–Crippen LogP) is 4.75. The minimum absolute atomic E-state index is 0.0678. The molecule has 3 rings (SSSR count). The van der Waals surface area contributed by atoms with Gasteiger partial charge in [-0.1, -0.05) is 49.9 Å². The van der Waals surface area contributed by atoms with E-state index in [4.69, 9.17) is 10.6 Å². The monoisotopic (exact) mass is 479 g/mol. The molecule has 0 bridgehead atoms. The molecule has 0 spiro atoms. The fourth-order valence-electron chi connectivity index (χ4n) is 3.05. The summed E-state index contributed by atoms with van der Waals surface area (Å²) in [5, 5.41) is 10.5. The highest BCUT2D eigenvalue weighted by atomic mass is 32.2. The third kappa shape index (κ3) is 6.19. The number of para-hydroxylation sites is 1. The lowest BCUT2D eigenvalue weighted by atomic mass is 10.0. The van der Waals surface area contributed by atoms with Crippen LogP contribution in [0.2, 0.25) is 0 Å². The fourth-order valence-corrected chi connectivity index (χ4v) is 3.72. The number of nitrogen functional groups attached to an aromatic ring is 1. The molecule has 33 heavy (non-hydrogen) atoms. The number of hydrogen-bond acceptors (Lipinski definition) is 6. The lowest BCUT2D eigenvalue weighted by molar-refractivity contribution is -0.137. The topological polar surface area (TPSA) is 95.1 Å². The number of alkyl halides is 3. The van der Waals surface area contributed by atoms with Crippen molar-refractivity contribution in [1.82, 2.24) is 14.9 Å². The van der Waals surface area contributed by atoms with Gasteiger partial charge in [-0.05, 0) is 42.2 Å². The molecule has 0 atom stereocenters. The third-order valence-electron chi connectivity index (χ3n) is 4.72. The molecule has 1 amide bonds. The molecule has 7 nitrogen and oxygen atoms in total. The van der Waals surface area contributed by atoms with Gasteiger partial charge in [-0.2, -0.15) is 13.2 Å². The number of rotatable bonds is 8. The van der Waals surface area contributed by atoms with Gasteiger partial charge in [-0.3, -0.25) is 4.79 Å². The van der Waals surface area contributed by atoms with Gasteiger partial charge >= 0.3 is 6.18 Å². The Morgan fingerprint density at radius 2 is 1.94 bits per heavy atom. The first-order valence-corrected chi connectivity index (χ1v) is 11.1. The Labute approximate surface area is 193 Å². The van der Waals surface area contributed by atoms with Gasteiger partial charge in [0.15, 0.2) is 5.82 Å². The van der Waals surface area contributed by atoms with Crippen LogP contribution in [0, 0.1) is 6.92 Å². The number of halogens is 3. The maximum atomic E-state index is 13.1. The first kappa shape index (κ1) is 24.4. The number of anilines is 1. The summed E-state index contributed by atoms with van der Waals surface area (Å²) in [6.45, 7) is 6.17. The van der Waals surface area contributed by atoms with E-state index in [1.165, 1.54) is 22.9 Å². The second-order valence-corrected chi connectivity index (χ2v) is 8.58. The van der Waals surface area contributed by atoms with Crippen LogP contribution in [0.1, 0.15) is 42.3 Å². The van der Waals surface area contributed by atoms with E-state index in [1.54, 1.807) is 0 Å². The summed E-state index contributed by atoms with van der Waals surface area (Å²) in [4.78, 5) is 12.2. The zero-order chi connectivity index (χ0) is 24.2. The Hall–Kier alpha value is -3.21. The number of carbonyl (C=O) groups is 1. The molecule has 0 aliphatic carbocycles. The molecule has 0 aliphatic rings. The molecular weight excluding hydrogens is 455 g/mol. The third-order valence-corrected chi connectivity index (χ3v) is 5.66. The number of carbonyl (C=O) groups excluding carboxylic acids is 1. The van der Waals surface area contributed by atoms with Crippen molar-refractivity contribution < 1.29 is 22.7 Å². The fraction of sp³-hybridized carbons (Fsp3) is 0.318. The van der Waals surface area contributed by atoms with E-state index < -0.39 is 17.6 Å². The van der Waals surface area contributed by atoms with Gasteiger partial charge in [0, 0.05) is 0 Å². The lowest BCUT2D eigenvalue weighted by Gasteiger charge is -2.14. The zero-order valence-corrected chi connectivity index (χ0v) is 19.1. The van der Waals surface area contributed by atoms with E-state index in [0.29, 0.717) is 5.82 Å².